The van der Waals surface area contributed by atoms with Crippen molar-refractivity contribution in [1.82, 2.24) is 10.2 Å². The summed E-state index contributed by atoms with van der Waals surface area (Å²) in [5, 5.41) is 11.4. The van der Waals surface area contributed by atoms with Crippen molar-refractivity contribution in [2.45, 2.75) is 4.90 Å². The van der Waals surface area contributed by atoms with Gasteiger partial charge in [0.05, 0.1) is 16.3 Å². The van der Waals surface area contributed by atoms with Gasteiger partial charge < -0.3 is 4.42 Å². The summed E-state index contributed by atoms with van der Waals surface area (Å²) in [6.45, 7) is 0. The van der Waals surface area contributed by atoms with Crippen molar-refractivity contribution in [3.8, 4) is 11.5 Å². The summed E-state index contributed by atoms with van der Waals surface area (Å²) in [6.07, 6.45) is 0. The number of hydrogen-bond donors (Lipinski definition) is 1. The maximum atomic E-state index is 12.0. The van der Waals surface area contributed by atoms with Crippen LogP contribution in [0.1, 0.15) is 0 Å². The Kier molecular flexibility index (Phi) is 5.40. The number of amides is 1. The molecule has 5 nitrogen and oxygen atoms in total. The van der Waals surface area contributed by atoms with Crippen molar-refractivity contribution in [2.24, 2.45) is 0 Å². The van der Waals surface area contributed by atoms with Crippen LogP contribution in [0.4, 0.5) is 6.01 Å². The van der Waals surface area contributed by atoms with Gasteiger partial charge in [0.2, 0.25) is 5.91 Å². The van der Waals surface area contributed by atoms with E-state index in [-0.39, 0.29) is 23.6 Å². The first-order valence-corrected chi connectivity index (χ1v) is 8.62. The zero-order valence-corrected chi connectivity index (χ0v) is 14.5. The van der Waals surface area contributed by atoms with Crippen LogP contribution in [0.3, 0.4) is 0 Å². The van der Waals surface area contributed by atoms with Gasteiger partial charge in [-0.25, -0.2) is 0 Å². The SMILES string of the molecule is O=C(CSc1ccc(Cl)cc1)Nc1nnc(-c2ccccc2Cl)o1. The molecule has 0 spiro atoms. The first kappa shape index (κ1) is 16.8. The second-order valence-corrected chi connectivity index (χ2v) is 6.58. The average Bonchev–Trinajstić information content (AvgIpc) is 3.03. The van der Waals surface area contributed by atoms with Crippen molar-refractivity contribution in [2.75, 3.05) is 11.1 Å². The molecule has 0 fully saturated rings. The molecule has 3 rings (SSSR count). The highest BCUT2D eigenvalue weighted by Gasteiger charge is 2.13. The Morgan fingerprint density at radius 1 is 1.08 bits per heavy atom. The molecule has 1 heterocycles. The first-order chi connectivity index (χ1) is 11.6. The summed E-state index contributed by atoms with van der Waals surface area (Å²) in [6, 6.07) is 14.4. The number of rotatable bonds is 5. The quantitative estimate of drug-likeness (QED) is 0.646. The van der Waals surface area contributed by atoms with E-state index in [0.29, 0.717) is 15.6 Å². The maximum absolute atomic E-state index is 12.0. The van der Waals surface area contributed by atoms with Gasteiger partial charge in [-0.05, 0) is 36.4 Å². The molecule has 0 radical (unpaired) electrons. The molecule has 0 atom stereocenters. The number of nitrogens with one attached hydrogen (secondary N) is 1. The van der Waals surface area contributed by atoms with Crippen molar-refractivity contribution in [1.29, 1.82) is 0 Å². The second-order valence-electron chi connectivity index (χ2n) is 4.68. The van der Waals surface area contributed by atoms with Crippen molar-refractivity contribution in [3.05, 3.63) is 58.6 Å². The lowest BCUT2D eigenvalue weighted by atomic mass is 10.2. The fraction of sp³-hybridized carbons (Fsp3) is 0.0625. The number of thioether (sulfide) groups is 1. The molecule has 0 unspecified atom stereocenters. The van der Waals surface area contributed by atoms with Gasteiger partial charge in [-0.2, -0.15) is 0 Å². The summed E-state index contributed by atoms with van der Waals surface area (Å²) < 4.78 is 5.42. The van der Waals surface area contributed by atoms with E-state index < -0.39 is 0 Å². The number of halogens is 2. The molecule has 1 amide bonds. The maximum Gasteiger partial charge on any atom is 0.322 e. The van der Waals surface area contributed by atoms with E-state index in [9.17, 15) is 4.79 Å². The lowest BCUT2D eigenvalue weighted by molar-refractivity contribution is -0.113. The van der Waals surface area contributed by atoms with Crippen molar-refractivity contribution >= 4 is 46.9 Å². The Morgan fingerprint density at radius 3 is 2.58 bits per heavy atom. The van der Waals surface area contributed by atoms with Crippen LogP contribution in [0.25, 0.3) is 11.5 Å². The van der Waals surface area contributed by atoms with Crippen LogP contribution < -0.4 is 5.32 Å². The molecule has 0 saturated heterocycles. The largest absolute Gasteiger partial charge is 0.403 e. The molecule has 24 heavy (non-hydrogen) atoms. The van der Waals surface area contributed by atoms with Crippen LogP contribution in [0, 0.1) is 0 Å². The number of benzene rings is 2. The molecule has 2 aromatic carbocycles. The molecule has 122 valence electrons. The first-order valence-electron chi connectivity index (χ1n) is 6.88. The van der Waals surface area contributed by atoms with Crippen LogP contribution in [-0.4, -0.2) is 21.9 Å². The molecule has 8 heteroatoms. The van der Waals surface area contributed by atoms with Crippen molar-refractivity contribution < 1.29 is 9.21 Å². The van der Waals surface area contributed by atoms with Gasteiger partial charge in [0, 0.05) is 9.92 Å². The predicted octanol–water partition coefficient (Wildman–Crippen LogP) is 4.77. The molecular weight excluding hydrogens is 369 g/mol. The molecular formula is C16H11Cl2N3O2S. The minimum Gasteiger partial charge on any atom is -0.403 e. The topological polar surface area (TPSA) is 68.0 Å². The second kappa shape index (κ2) is 7.70. The highest BCUT2D eigenvalue weighted by Crippen LogP contribution is 2.27. The number of anilines is 1. The minimum absolute atomic E-state index is 0.0339. The Balaban J connectivity index is 1.59. The van der Waals surface area contributed by atoms with E-state index in [1.54, 1.807) is 30.3 Å². The van der Waals surface area contributed by atoms with E-state index in [1.807, 2.05) is 18.2 Å². The third-order valence-electron chi connectivity index (χ3n) is 2.96. The molecule has 3 aromatic rings. The summed E-state index contributed by atoms with van der Waals surface area (Å²) in [5.74, 6) is 0.219. The van der Waals surface area contributed by atoms with Gasteiger partial charge in [0.25, 0.3) is 5.89 Å². The average molecular weight is 380 g/mol. The Hall–Kier alpha value is -2.02. The monoisotopic (exact) mass is 379 g/mol. The molecule has 0 saturated carbocycles. The van der Waals surface area contributed by atoms with E-state index in [2.05, 4.69) is 15.5 Å². The smallest absolute Gasteiger partial charge is 0.322 e. The van der Waals surface area contributed by atoms with Gasteiger partial charge in [-0.3, -0.25) is 10.1 Å². The summed E-state index contributed by atoms with van der Waals surface area (Å²) in [7, 11) is 0. The fourth-order valence-corrected chi connectivity index (χ4v) is 2.89. The highest BCUT2D eigenvalue weighted by molar-refractivity contribution is 8.00. The molecule has 0 bridgehead atoms. The number of aromatic nitrogens is 2. The van der Waals surface area contributed by atoms with E-state index in [0.717, 1.165) is 4.90 Å². The van der Waals surface area contributed by atoms with Gasteiger partial charge in [-0.15, -0.1) is 16.9 Å². The molecule has 0 aliphatic carbocycles. The van der Waals surface area contributed by atoms with Crippen LogP contribution >= 0.6 is 35.0 Å². The zero-order chi connectivity index (χ0) is 16.9. The summed E-state index contributed by atoms with van der Waals surface area (Å²) in [5.41, 5.74) is 0.614. The van der Waals surface area contributed by atoms with Crippen LogP contribution in [0.5, 0.6) is 0 Å². The number of carbonyl (C=O) groups excluding carboxylic acids is 1. The number of nitrogens with zero attached hydrogens (tertiary/aromatic N) is 2. The Morgan fingerprint density at radius 2 is 1.83 bits per heavy atom. The van der Waals surface area contributed by atoms with Gasteiger partial charge in [-0.1, -0.05) is 40.4 Å². The van der Waals surface area contributed by atoms with Gasteiger partial charge in [0.15, 0.2) is 0 Å². The molecule has 0 aliphatic heterocycles. The Bertz CT molecular complexity index is 853. The van der Waals surface area contributed by atoms with E-state index in [1.165, 1.54) is 11.8 Å². The summed E-state index contributed by atoms with van der Waals surface area (Å²) in [4.78, 5) is 12.9. The van der Waals surface area contributed by atoms with Crippen LogP contribution in [0.15, 0.2) is 57.8 Å². The zero-order valence-electron chi connectivity index (χ0n) is 12.2. The predicted molar refractivity (Wildman–Crippen MR) is 95.5 cm³/mol. The van der Waals surface area contributed by atoms with E-state index in [4.69, 9.17) is 27.6 Å². The standard InChI is InChI=1S/C16H11Cl2N3O2S/c17-10-5-7-11(8-6-10)24-9-14(22)19-16-21-20-15(23-16)12-3-1-2-4-13(12)18/h1-8H,9H2,(H,19,21,22). The molecule has 1 N–H and O–H groups in total. The summed E-state index contributed by atoms with van der Waals surface area (Å²) >= 11 is 13.3. The third kappa shape index (κ3) is 4.29. The van der Waals surface area contributed by atoms with Gasteiger partial charge in [0.1, 0.15) is 0 Å². The normalized spacial score (nSPS) is 10.6. The number of carbonyl (C=O) groups is 1. The number of hydrogen-bond acceptors (Lipinski definition) is 5. The van der Waals surface area contributed by atoms with E-state index >= 15 is 0 Å². The molecule has 0 aliphatic rings. The third-order valence-corrected chi connectivity index (χ3v) is 4.55. The minimum atomic E-state index is -0.246. The lowest BCUT2D eigenvalue weighted by Gasteiger charge is -2.01. The van der Waals surface area contributed by atoms with Crippen LogP contribution in [0.2, 0.25) is 10.0 Å². The van der Waals surface area contributed by atoms with Crippen LogP contribution in [-0.2, 0) is 4.79 Å². The Labute approximate surface area is 152 Å². The van der Waals surface area contributed by atoms with Gasteiger partial charge >= 0.3 is 6.01 Å². The lowest BCUT2D eigenvalue weighted by Crippen LogP contribution is -2.14. The highest BCUT2D eigenvalue weighted by atomic mass is 35.5. The van der Waals surface area contributed by atoms with Crippen molar-refractivity contribution in [3.63, 3.8) is 0 Å². The fourth-order valence-electron chi connectivity index (χ4n) is 1.85. The molecule has 1 aromatic heterocycles.